The Morgan fingerprint density at radius 3 is 1.98 bits per heavy atom. The average molecular weight is 906 g/mol. The standard InChI is InChI=1S/C39H51N7O16S/c1-27(61-38(48)58-22-10-11-24-60-46(51)52)44(63(53,54)29-18-16-28(17-19-29)39(2,3)4)36-33(62-31-14-7-6-13-30(31)55-5)37(43-35(42-36)34-40-20-12-21-41-34)57-26-25-56-32(47)15-8-9-23-59-45(49)50/h6-7,12-14,16-21,27,49-52H,8-11,15,22-26H2,1-5H3. The van der Waals surface area contributed by atoms with E-state index >= 15 is 8.42 Å². The second-order valence-corrected chi connectivity index (χ2v) is 15.9. The number of nitrogens with zero attached hydrogens (tertiary/aromatic N) is 7. The van der Waals surface area contributed by atoms with Crippen molar-refractivity contribution in [3.05, 3.63) is 72.6 Å². The van der Waals surface area contributed by atoms with Crippen molar-refractivity contribution in [3.63, 3.8) is 0 Å². The maximum Gasteiger partial charge on any atom is 0.510 e. The molecule has 0 aliphatic heterocycles. The first kappa shape index (κ1) is 49.8. The maximum absolute atomic E-state index is 15.0. The number of benzene rings is 2. The van der Waals surface area contributed by atoms with Gasteiger partial charge in [-0.3, -0.25) is 35.3 Å². The molecule has 2 aromatic carbocycles. The lowest BCUT2D eigenvalue weighted by Gasteiger charge is -2.30. The number of hydrogen-bond acceptors (Lipinski definition) is 22. The Balaban J connectivity index is 1.82. The summed E-state index contributed by atoms with van der Waals surface area (Å²) in [7, 11) is -3.39. The van der Waals surface area contributed by atoms with Crippen LogP contribution in [0.4, 0.5) is 10.6 Å². The van der Waals surface area contributed by atoms with Gasteiger partial charge in [-0.25, -0.2) is 32.5 Å². The second-order valence-electron chi connectivity index (χ2n) is 14.1. The number of rotatable bonds is 25. The Labute approximate surface area is 363 Å². The fourth-order valence-corrected chi connectivity index (χ4v) is 6.91. The highest BCUT2D eigenvalue weighted by Gasteiger charge is 2.38. The first-order valence-corrected chi connectivity index (χ1v) is 20.8. The highest BCUT2D eigenvalue weighted by Crippen LogP contribution is 2.44. The Kier molecular flexibility index (Phi) is 19.1. The van der Waals surface area contributed by atoms with Gasteiger partial charge in [-0.2, -0.15) is 4.98 Å². The molecule has 0 radical (unpaired) electrons. The Hall–Kier alpha value is -5.83. The van der Waals surface area contributed by atoms with Crippen molar-refractivity contribution in [2.75, 3.05) is 44.4 Å². The van der Waals surface area contributed by atoms with Crippen molar-refractivity contribution in [2.24, 2.45) is 0 Å². The van der Waals surface area contributed by atoms with Gasteiger partial charge >= 0.3 is 12.1 Å². The molecule has 23 nitrogen and oxygen atoms in total. The van der Waals surface area contributed by atoms with Gasteiger partial charge in [0.2, 0.25) is 11.6 Å². The molecule has 0 aliphatic carbocycles. The third kappa shape index (κ3) is 15.5. The Morgan fingerprint density at radius 1 is 0.746 bits per heavy atom. The van der Waals surface area contributed by atoms with Gasteiger partial charge in [-0.15, -0.1) is 0 Å². The molecule has 1 unspecified atom stereocenters. The van der Waals surface area contributed by atoms with Crippen molar-refractivity contribution in [3.8, 4) is 34.8 Å². The molecule has 4 N–H and O–H groups in total. The number of aromatic nitrogens is 4. The van der Waals surface area contributed by atoms with Crippen molar-refractivity contribution in [1.29, 1.82) is 0 Å². The van der Waals surface area contributed by atoms with Gasteiger partial charge in [0.25, 0.3) is 15.9 Å². The summed E-state index contributed by atoms with van der Waals surface area (Å²) >= 11 is 0. The lowest BCUT2D eigenvalue weighted by molar-refractivity contribution is -0.492. The summed E-state index contributed by atoms with van der Waals surface area (Å²) < 4.78 is 64.8. The molecule has 2 aromatic heterocycles. The molecule has 0 bridgehead atoms. The van der Waals surface area contributed by atoms with Crippen LogP contribution in [0.5, 0.6) is 23.1 Å². The van der Waals surface area contributed by atoms with Crippen molar-refractivity contribution < 1.29 is 76.9 Å². The Morgan fingerprint density at radius 2 is 1.37 bits per heavy atom. The fraction of sp³-hybridized carbons (Fsp3) is 0.436. The molecule has 1 atom stereocenters. The number of ether oxygens (including phenoxy) is 6. The van der Waals surface area contributed by atoms with Gasteiger partial charge in [0.15, 0.2) is 29.4 Å². The van der Waals surface area contributed by atoms with Gasteiger partial charge in [-0.1, -0.05) is 45.0 Å². The molecular weight excluding hydrogens is 855 g/mol. The average Bonchev–Trinajstić information content (AvgIpc) is 3.24. The van der Waals surface area contributed by atoms with E-state index in [1.807, 2.05) is 20.8 Å². The highest BCUT2D eigenvalue weighted by atomic mass is 32.2. The number of sulfonamides is 1. The molecule has 2 heterocycles. The summed E-state index contributed by atoms with van der Waals surface area (Å²) in [6.07, 6.45) is 0.871. The number of para-hydroxylation sites is 2. The number of hydrogen-bond donors (Lipinski definition) is 4. The molecule has 0 saturated carbocycles. The molecule has 0 amide bonds. The van der Waals surface area contributed by atoms with E-state index in [1.54, 1.807) is 30.3 Å². The molecular formula is C39H51N7O16S. The first-order valence-electron chi connectivity index (χ1n) is 19.4. The smallest absolute Gasteiger partial charge is 0.493 e. The zero-order valence-electron chi connectivity index (χ0n) is 35.2. The SMILES string of the molecule is COc1ccccc1Oc1c(OCCOC(=O)CCCCON(O)O)nc(-c2ncccn2)nc1N(C(C)OC(=O)OCCCCON(O)O)S(=O)(=O)c1ccc(C(C)(C)C)cc1. The van der Waals surface area contributed by atoms with Crippen LogP contribution in [0.2, 0.25) is 0 Å². The molecule has 4 aromatic rings. The van der Waals surface area contributed by atoms with Crippen LogP contribution in [0.1, 0.15) is 65.4 Å². The van der Waals surface area contributed by atoms with Crippen molar-refractivity contribution >= 4 is 28.0 Å². The minimum atomic E-state index is -4.78. The van der Waals surface area contributed by atoms with E-state index in [4.69, 9.17) is 49.3 Å². The van der Waals surface area contributed by atoms with Crippen LogP contribution in [0.3, 0.4) is 0 Å². The molecule has 63 heavy (non-hydrogen) atoms. The number of methoxy groups -OCH3 is 1. The third-order valence-corrected chi connectivity index (χ3v) is 10.3. The molecule has 24 heteroatoms. The quantitative estimate of drug-likeness (QED) is 0.0271. The van der Waals surface area contributed by atoms with Crippen molar-refractivity contribution in [1.82, 2.24) is 30.7 Å². The molecule has 4 rings (SSSR count). The number of esters is 1. The van der Waals surface area contributed by atoms with Gasteiger partial charge in [0, 0.05) is 18.8 Å². The van der Waals surface area contributed by atoms with Crippen LogP contribution >= 0.6 is 0 Å². The van der Waals surface area contributed by atoms with E-state index in [0.717, 1.165) is 5.56 Å². The number of unbranched alkanes of at least 4 members (excludes halogenated alkanes) is 2. The van der Waals surface area contributed by atoms with E-state index in [9.17, 15) is 9.59 Å². The maximum atomic E-state index is 15.0. The topological polar surface area (TPSA) is 284 Å². The van der Waals surface area contributed by atoms with E-state index < -0.39 is 50.7 Å². The summed E-state index contributed by atoms with van der Waals surface area (Å²) in [5.41, 5.74) is 0.489. The monoisotopic (exact) mass is 905 g/mol. The minimum Gasteiger partial charge on any atom is -0.493 e. The fourth-order valence-electron chi connectivity index (χ4n) is 5.42. The minimum absolute atomic E-state index is 0.0278. The molecule has 0 saturated heterocycles. The van der Waals surface area contributed by atoms with Crippen LogP contribution in [-0.4, -0.2) is 118 Å². The summed E-state index contributed by atoms with van der Waals surface area (Å²) in [6.45, 7) is 6.12. The zero-order valence-corrected chi connectivity index (χ0v) is 36.0. The Bertz CT molecular complexity index is 2160. The third-order valence-electron chi connectivity index (χ3n) is 8.48. The number of carbonyl (C=O) groups excluding carboxylic acids is 2. The predicted octanol–water partition coefficient (Wildman–Crippen LogP) is 5.62. The van der Waals surface area contributed by atoms with Gasteiger partial charge in [0.05, 0.1) is 42.6 Å². The molecule has 0 fully saturated rings. The lowest BCUT2D eigenvalue weighted by Crippen LogP contribution is -2.42. The van der Waals surface area contributed by atoms with Crippen LogP contribution in [0.15, 0.2) is 71.9 Å². The zero-order chi connectivity index (χ0) is 46.0. The lowest BCUT2D eigenvalue weighted by atomic mass is 9.87. The van der Waals surface area contributed by atoms with Gasteiger partial charge < -0.3 is 28.4 Å². The predicted molar refractivity (Wildman–Crippen MR) is 215 cm³/mol. The number of carbonyl (C=O) groups is 2. The van der Waals surface area contributed by atoms with Crippen LogP contribution in [0.25, 0.3) is 11.6 Å². The highest BCUT2D eigenvalue weighted by molar-refractivity contribution is 7.92. The molecule has 0 spiro atoms. The van der Waals surface area contributed by atoms with Crippen LogP contribution in [0, 0.1) is 0 Å². The molecule has 344 valence electrons. The van der Waals surface area contributed by atoms with E-state index in [1.165, 1.54) is 50.7 Å². The van der Waals surface area contributed by atoms with Gasteiger partial charge in [0.1, 0.15) is 13.2 Å². The van der Waals surface area contributed by atoms with Crippen LogP contribution in [-0.2, 0) is 44.1 Å². The van der Waals surface area contributed by atoms with Crippen molar-refractivity contribution in [2.45, 2.75) is 76.3 Å². The first-order chi connectivity index (χ1) is 30.0. The van der Waals surface area contributed by atoms with Gasteiger partial charge in [-0.05, 0) is 73.9 Å². The summed E-state index contributed by atoms with van der Waals surface area (Å²) in [4.78, 5) is 51.9. The molecule has 0 aliphatic rings. The summed E-state index contributed by atoms with van der Waals surface area (Å²) in [6, 6.07) is 14.0. The second kappa shape index (κ2) is 24.1. The van der Waals surface area contributed by atoms with Crippen LogP contribution < -0.4 is 18.5 Å². The van der Waals surface area contributed by atoms with E-state index in [-0.39, 0.29) is 91.6 Å². The normalized spacial score (nSPS) is 12.2. The number of anilines is 1. The summed E-state index contributed by atoms with van der Waals surface area (Å²) in [5.74, 6) is -1.93. The largest absolute Gasteiger partial charge is 0.510 e. The van der Waals surface area contributed by atoms with E-state index in [2.05, 4.69) is 29.6 Å². The summed E-state index contributed by atoms with van der Waals surface area (Å²) in [5, 5.41) is 33.9. The van der Waals surface area contributed by atoms with E-state index in [0.29, 0.717) is 17.1 Å².